The third kappa shape index (κ3) is 4.78. The molecule has 0 aliphatic rings. The first-order valence-corrected chi connectivity index (χ1v) is 6.07. The van der Waals surface area contributed by atoms with Gasteiger partial charge in [-0.05, 0) is 30.5 Å². The molecule has 0 saturated heterocycles. The lowest BCUT2D eigenvalue weighted by Crippen LogP contribution is -1.97. The first-order valence-electron chi connectivity index (χ1n) is 5.28. The number of benzene rings is 1. The highest BCUT2D eigenvalue weighted by Crippen LogP contribution is 2.21. The molecular weight excluding hydrogens is 256 g/mol. The minimum absolute atomic E-state index is 0.244. The largest absolute Gasteiger partial charge is 0.396 e. The van der Waals surface area contributed by atoms with Crippen LogP contribution in [0.5, 0.6) is 0 Å². The van der Waals surface area contributed by atoms with Crippen molar-refractivity contribution in [2.45, 2.75) is 31.8 Å². The summed E-state index contributed by atoms with van der Waals surface area (Å²) in [5.74, 6) is 0. The van der Waals surface area contributed by atoms with Crippen molar-refractivity contribution < 1.29 is 10.2 Å². The van der Waals surface area contributed by atoms with Gasteiger partial charge in [-0.1, -0.05) is 40.9 Å². The molecule has 0 fully saturated rings. The second-order valence-corrected chi connectivity index (χ2v) is 4.56. The van der Waals surface area contributed by atoms with Gasteiger partial charge in [-0.3, -0.25) is 0 Å². The molecule has 1 aromatic carbocycles. The summed E-state index contributed by atoms with van der Waals surface area (Å²) in [6, 6.07) is 7.74. The minimum Gasteiger partial charge on any atom is -0.396 e. The maximum Gasteiger partial charge on any atom is 0.0790 e. The summed E-state index contributed by atoms with van der Waals surface area (Å²) in [5.41, 5.74) is 0.960. The summed E-state index contributed by atoms with van der Waals surface area (Å²) in [5, 5.41) is 18.4. The number of rotatable bonds is 6. The summed E-state index contributed by atoms with van der Waals surface area (Å²) < 4.78 is 1.03. The van der Waals surface area contributed by atoms with Crippen LogP contribution in [-0.4, -0.2) is 16.8 Å². The van der Waals surface area contributed by atoms with Crippen molar-refractivity contribution in [2.75, 3.05) is 6.61 Å². The van der Waals surface area contributed by atoms with Gasteiger partial charge < -0.3 is 10.2 Å². The molecule has 3 heteroatoms. The maximum absolute atomic E-state index is 9.83. The molecule has 0 aliphatic heterocycles. The number of aliphatic hydroxyl groups is 2. The molecule has 0 amide bonds. The molecule has 1 rings (SSSR count). The molecule has 15 heavy (non-hydrogen) atoms. The van der Waals surface area contributed by atoms with Crippen molar-refractivity contribution in [3.8, 4) is 0 Å². The molecule has 2 N–H and O–H groups in total. The fourth-order valence-corrected chi connectivity index (χ4v) is 1.74. The van der Waals surface area contributed by atoms with E-state index in [1.165, 1.54) is 0 Å². The van der Waals surface area contributed by atoms with Crippen molar-refractivity contribution in [2.24, 2.45) is 0 Å². The Labute approximate surface area is 99.1 Å². The maximum atomic E-state index is 9.83. The minimum atomic E-state index is -0.378. The fourth-order valence-electron chi connectivity index (χ4n) is 1.48. The standard InChI is InChI=1S/C12H17BrO2/c13-11-7-5-10(6-8-11)12(15)4-2-1-3-9-14/h5-8,12,14-15H,1-4,9H2. The van der Waals surface area contributed by atoms with E-state index in [-0.39, 0.29) is 12.7 Å². The Hall–Kier alpha value is -0.380. The summed E-state index contributed by atoms with van der Waals surface area (Å²) in [6.07, 6.45) is 3.15. The first kappa shape index (κ1) is 12.7. The van der Waals surface area contributed by atoms with Crippen LogP contribution in [-0.2, 0) is 0 Å². The van der Waals surface area contributed by atoms with Crippen LogP contribution in [0.1, 0.15) is 37.4 Å². The Kier molecular flexibility index (Phi) is 5.91. The molecule has 0 aromatic heterocycles. The number of aliphatic hydroxyl groups excluding tert-OH is 2. The number of hydrogen-bond donors (Lipinski definition) is 2. The Balaban J connectivity index is 2.33. The zero-order valence-corrected chi connectivity index (χ0v) is 10.3. The van der Waals surface area contributed by atoms with Crippen molar-refractivity contribution in [3.05, 3.63) is 34.3 Å². The molecule has 1 atom stereocenters. The van der Waals surface area contributed by atoms with Crippen LogP contribution in [0.25, 0.3) is 0 Å². The molecule has 2 nitrogen and oxygen atoms in total. The molecule has 0 saturated carbocycles. The zero-order valence-electron chi connectivity index (χ0n) is 8.69. The smallest absolute Gasteiger partial charge is 0.0790 e. The number of hydrogen-bond acceptors (Lipinski definition) is 2. The van der Waals surface area contributed by atoms with Gasteiger partial charge in [0.05, 0.1) is 6.10 Å². The van der Waals surface area contributed by atoms with E-state index in [1.807, 2.05) is 24.3 Å². The zero-order chi connectivity index (χ0) is 11.1. The van der Waals surface area contributed by atoms with E-state index in [0.29, 0.717) is 0 Å². The highest BCUT2D eigenvalue weighted by molar-refractivity contribution is 9.10. The van der Waals surface area contributed by atoms with E-state index < -0.39 is 0 Å². The van der Waals surface area contributed by atoms with Gasteiger partial charge in [-0.15, -0.1) is 0 Å². The van der Waals surface area contributed by atoms with E-state index in [2.05, 4.69) is 15.9 Å². The fraction of sp³-hybridized carbons (Fsp3) is 0.500. The van der Waals surface area contributed by atoms with E-state index in [1.54, 1.807) is 0 Å². The predicted molar refractivity (Wildman–Crippen MR) is 64.7 cm³/mol. The average molecular weight is 273 g/mol. The third-order valence-corrected chi connectivity index (χ3v) is 2.92. The van der Waals surface area contributed by atoms with Crippen LogP contribution in [0.15, 0.2) is 28.7 Å². The van der Waals surface area contributed by atoms with Gasteiger partial charge >= 0.3 is 0 Å². The van der Waals surface area contributed by atoms with Gasteiger partial charge in [-0.2, -0.15) is 0 Å². The molecular formula is C12H17BrO2. The van der Waals surface area contributed by atoms with Crippen LogP contribution >= 0.6 is 15.9 Å². The lowest BCUT2D eigenvalue weighted by molar-refractivity contribution is 0.162. The molecule has 0 spiro atoms. The van der Waals surface area contributed by atoms with Gasteiger partial charge in [0.25, 0.3) is 0 Å². The SMILES string of the molecule is OCCCCCC(O)c1ccc(Br)cc1. The second-order valence-electron chi connectivity index (χ2n) is 3.64. The normalized spacial score (nSPS) is 12.7. The summed E-state index contributed by atoms with van der Waals surface area (Å²) in [4.78, 5) is 0. The van der Waals surface area contributed by atoms with Gasteiger partial charge in [0, 0.05) is 11.1 Å². The highest BCUT2D eigenvalue weighted by atomic mass is 79.9. The van der Waals surface area contributed by atoms with Gasteiger partial charge in [0.1, 0.15) is 0 Å². The predicted octanol–water partition coefficient (Wildman–Crippen LogP) is 3.04. The topological polar surface area (TPSA) is 40.5 Å². The Morgan fingerprint density at radius 1 is 1.07 bits per heavy atom. The van der Waals surface area contributed by atoms with Crippen LogP contribution in [0.3, 0.4) is 0 Å². The lowest BCUT2D eigenvalue weighted by Gasteiger charge is -2.10. The van der Waals surface area contributed by atoms with Crippen LogP contribution < -0.4 is 0 Å². The highest BCUT2D eigenvalue weighted by Gasteiger charge is 2.06. The molecule has 0 radical (unpaired) electrons. The average Bonchev–Trinajstić information content (AvgIpc) is 2.25. The van der Waals surface area contributed by atoms with Crippen LogP contribution in [0.2, 0.25) is 0 Å². The van der Waals surface area contributed by atoms with Gasteiger partial charge in [0.2, 0.25) is 0 Å². The summed E-state index contributed by atoms with van der Waals surface area (Å²) in [6.45, 7) is 0.244. The van der Waals surface area contributed by atoms with Gasteiger partial charge in [0.15, 0.2) is 0 Å². The van der Waals surface area contributed by atoms with Crippen molar-refractivity contribution in [1.29, 1.82) is 0 Å². The monoisotopic (exact) mass is 272 g/mol. The van der Waals surface area contributed by atoms with Gasteiger partial charge in [-0.25, -0.2) is 0 Å². The van der Waals surface area contributed by atoms with Crippen molar-refractivity contribution in [1.82, 2.24) is 0 Å². The van der Waals surface area contributed by atoms with Crippen LogP contribution in [0, 0.1) is 0 Å². The molecule has 0 bridgehead atoms. The second kappa shape index (κ2) is 6.99. The molecule has 1 aromatic rings. The Morgan fingerprint density at radius 3 is 2.33 bits per heavy atom. The molecule has 0 heterocycles. The van der Waals surface area contributed by atoms with Crippen molar-refractivity contribution >= 4 is 15.9 Å². The first-order chi connectivity index (χ1) is 7.24. The third-order valence-electron chi connectivity index (χ3n) is 2.39. The summed E-state index contributed by atoms with van der Waals surface area (Å²) in [7, 11) is 0. The summed E-state index contributed by atoms with van der Waals surface area (Å²) >= 11 is 3.36. The van der Waals surface area contributed by atoms with E-state index in [4.69, 9.17) is 5.11 Å². The number of halogens is 1. The Morgan fingerprint density at radius 2 is 1.73 bits per heavy atom. The van der Waals surface area contributed by atoms with Crippen molar-refractivity contribution in [3.63, 3.8) is 0 Å². The van der Waals surface area contributed by atoms with E-state index >= 15 is 0 Å². The van der Waals surface area contributed by atoms with E-state index in [0.717, 1.165) is 35.7 Å². The van der Waals surface area contributed by atoms with E-state index in [9.17, 15) is 5.11 Å². The molecule has 0 aliphatic carbocycles. The molecule has 84 valence electrons. The number of unbranched alkanes of at least 4 members (excludes halogenated alkanes) is 2. The Bertz CT molecular complexity index is 271. The molecule has 1 unspecified atom stereocenters. The lowest BCUT2D eigenvalue weighted by atomic mass is 10.0. The quantitative estimate of drug-likeness (QED) is 0.782. The van der Waals surface area contributed by atoms with Crippen LogP contribution in [0.4, 0.5) is 0 Å².